The highest BCUT2D eigenvalue weighted by molar-refractivity contribution is 7.98. The highest BCUT2D eigenvalue weighted by Gasteiger charge is 2.14. The van der Waals surface area contributed by atoms with Gasteiger partial charge in [0.1, 0.15) is 0 Å². The molecule has 0 aliphatic rings. The fourth-order valence-corrected chi connectivity index (χ4v) is 4.66. The number of benzene rings is 2. The molecular formula is C20H18Cl2N2O3S2. The molecule has 0 saturated heterocycles. The molecule has 0 aliphatic carbocycles. The first-order valence-corrected chi connectivity index (χ1v) is 11.7. The van der Waals surface area contributed by atoms with Crippen molar-refractivity contribution in [2.45, 2.75) is 13.5 Å². The number of thiazole rings is 1. The van der Waals surface area contributed by atoms with E-state index in [1.54, 1.807) is 43.0 Å². The molecular weight excluding hydrogens is 451 g/mol. The number of amides is 1. The topological polar surface area (TPSA) is 60.7 Å². The highest BCUT2D eigenvalue weighted by Crippen LogP contribution is 2.23. The van der Waals surface area contributed by atoms with E-state index in [4.69, 9.17) is 27.9 Å². The molecule has 0 saturated carbocycles. The fourth-order valence-electron chi connectivity index (χ4n) is 2.71. The van der Waals surface area contributed by atoms with Gasteiger partial charge < -0.3 is 9.30 Å². The largest absolute Gasteiger partial charge is 0.462 e. The van der Waals surface area contributed by atoms with Crippen LogP contribution in [0.5, 0.6) is 0 Å². The van der Waals surface area contributed by atoms with Gasteiger partial charge in [0.15, 0.2) is 4.80 Å². The number of rotatable bonds is 6. The van der Waals surface area contributed by atoms with Crippen LogP contribution in [0.4, 0.5) is 0 Å². The van der Waals surface area contributed by atoms with Crippen LogP contribution in [0.3, 0.4) is 0 Å². The zero-order valence-electron chi connectivity index (χ0n) is 15.8. The first kappa shape index (κ1) is 21.9. The average Bonchev–Trinajstić information content (AvgIpc) is 3.02. The van der Waals surface area contributed by atoms with Crippen LogP contribution in [0.2, 0.25) is 10.0 Å². The lowest BCUT2D eigenvalue weighted by Gasteiger charge is -2.05. The van der Waals surface area contributed by atoms with E-state index in [0.29, 0.717) is 28.5 Å². The second-order valence-corrected chi connectivity index (χ2v) is 8.81. The molecule has 2 aromatic carbocycles. The van der Waals surface area contributed by atoms with E-state index in [2.05, 4.69) is 4.99 Å². The van der Waals surface area contributed by atoms with E-state index in [-0.39, 0.29) is 16.6 Å². The van der Waals surface area contributed by atoms with Crippen molar-refractivity contribution in [1.29, 1.82) is 0 Å². The van der Waals surface area contributed by atoms with Gasteiger partial charge in [-0.05, 0) is 49.6 Å². The van der Waals surface area contributed by atoms with Crippen molar-refractivity contribution in [2.24, 2.45) is 4.99 Å². The minimum atomic E-state index is -0.443. The van der Waals surface area contributed by atoms with E-state index in [9.17, 15) is 9.59 Å². The fraction of sp³-hybridized carbons (Fsp3) is 0.250. The summed E-state index contributed by atoms with van der Waals surface area (Å²) in [6.07, 6.45) is 2.02. The maximum Gasteiger partial charge on any atom is 0.338 e. The molecule has 1 aromatic heterocycles. The number of aromatic nitrogens is 1. The Morgan fingerprint density at radius 3 is 2.69 bits per heavy atom. The summed E-state index contributed by atoms with van der Waals surface area (Å²) in [6, 6.07) is 10.0. The van der Waals surface area contributed by atoms with Gasteiger partial charge in [0.05, 0.1) is 33.0 Å². The Bertz CT molecular complexity index is 1140. The predicted molar refractivity (Wildman–Crippen MR) is 121 cm³/mol. The molecule has 0 aliphatic heterocycles. The van der Waals surface area contributed by atoms with Crippen LogP contribution in [-0.2, 0) is 11.3 Å². The standard InChI is InChI=1S/C20H18Cl2N2O3S2/c1-3-27-19(26)12-4-7-16-17(10-12)29-20(24(16)8-9-28-2)23-18(25)14-6-5-13(21)11-15(14)22/h4-7,10-11H,3,8-9H2,1-2H3. The molecule has 0 bridgehead atoms. The second-order valence-electron chi connectivity index (χ2n) is 5.97. The van der Waals surface area contributed by atoms with Crippen molar-refractivity contribution in [2.75, 3.05) is 18.6 Å². The van der Waals surface area contributed by atoms with Crippen LogP contribution in [-0.4, -0.2) is 35.1 Å². The minimum Gasteiger partial charge on any atom is -0.462 e. The molecule has 1 heterocycles. The van der Waals surface area contributed by atoms with Crippen molar-refractivity contribution in [3.05, 3.63) is 62.4 Å². The molecule has 0 N–H and O–H groups in total. The molecule has 3 aromatic rings. The molecule has 152 valence electrons. The van der Waals surface area contributed by atoms with Gasteiger partial charge in [-0.15, -0.1) is 0 Å². The molecule has 3 rings (SSSR count). The average molecular weight is 469 g/mol. The molecule has 1 amide bonds. The molecule has 0 radical (unpaired) electrons. The Hall–Kier alpha value is -1.80. The third kappa shape index (κ3) is 5.04. The van der Waals surface area contributed by atoms with Gasteiger partial charge in [-0.1, -0.05) is 34.5 Å². The number of nitrogens with zero attached hydrogens (tertiary/aromatic N) is 2. The van der Waals surface area contributed by atoms with Gasteiger partial charge in [0.25, 0.3) is 5.91 Å². The van der Waals surface area contributed by atoms with Crippen LogP contribution >= 0.6 is 46.3 Å². The summed E-state index contributed by atoms with van der Waals surface area (Å²) < 4.78 is 7.91. The summed E-state index contributed by atoms with van der Waals surface area (Å²) in [4.78, 5) is 29.6. The predicted octanol–water partition coefficient (Wildman–Crippen LogP) is 5.29. The number of esters is 1. The molecule has 0 atom stereocenters. The summed E-state index contributed by atoms with van der Waals surface area (Å²) in [5.41, 5.74) is 1.67. The van der Waals surface area contributed by atoms with Gasteiger partial charge in [-0.25, -0.2) is 4.79 Å². The number of thioether (sulfide) groups is 1. The quantitative estimate of drug-likeness (QED) is 0.461. The summed E-state index contributed by atoms with van der Waals surface area (Å²) >= 11 is 15.1. The summed E-state index contributed by atoms with van der Waals surface area (Å²) in [6.45, 7) is 2.76. The molecule has 0 spiro atoms. The molecule has 0 unspecified atom stereocenters. The normalized spacial score (nSPS) is 11.8. The van der Waals surface area contributed by atoms with E-state index >= 15 is 0 Å². The van der Waals surface area contributed by atoms with Crippen molar-refractivity contribution in [3.8, 4) is 0 Å². The summed E-state index contributed by atoms with van der Waals surface area (Å²) in [7, 11) is 0. The highest BCUT2D eigenvalue weighted by atomic mass is 35.5. The van der Waals surface area contributed by atoms with Crippen LogP contribution in [0.1, 0.15) is 27.6 Å². The van der Waals surface area contributed by atoms with Gasteiger partial charge in [-0.2, -0.15) is 16.8 Å². The van der Waals surface area contributed by atoms with Gasteiger partial charge in [-0.3, -0.25) is 4.79 Å². The number of ether oxygens (including phenoxy) is 1. The summed E-state index contributed by atoms with van der Waals surface area (Å²) in [5.74, 6) is 0.0388. The Labute approximate surface area is 186 Å². The Balaban J connectivity index is 2.10. The first-order valence-electron chi connectivity index (χ1n) is 8.78. The monoisotopic (exact) mass is 468 g/mol. The van der Waals surface area contributed by atoms with E-state index < -0.39 is 5.91 Å². The molecule has 9 heteroatoms. The first-order chi connectivity index (χ1) is 13.9. The lowest BCUT2D eigenvalue weighted by Crippen LogP contribution is -2.18. The second kappa shape index (κ2) is 9.80. The lowest BCUT2D eigenvalue weighted by atomic mass is 10.2. The number of aryl methyl sites for hydroxylation is 1. The molecule has 29 heavy (non-hydrogen) atoms. The number of carbonyl (C=O) groups excluding carboxylic acids is 2. The van der Waals surface area contributed by atoms with Crippen LogP contribution in [0.15, 0.2) is 41.4 Å². The number of fused-ring (bicyclic) bond motifs is 1. The molecule has 0 fully saturated rings. The van der Waals surface area contributed by atoms with Crippen molar-refractivity contribution < 1.29 is 14.3 Å². The van der Waals surface area contributed by atoms with Crippen molar-refractivity contribution in [1.82, 2.24) is 4.57 Å². The summed E-state index contributed by atoms with van der Waals surface area (Å²) in [5, 5.41) is 0.711. The van der Waals surface area contributed by atoms with Crippen LogP contribution < -0.4 is 4.80 Å². The van der Waals surface area contributed by atoms with Crippen LogP contribution in [0.25, 0.3) is 10.2 Å². The number of halogens is 2. The van der Waals surface area contributed by atoms with Crippen LogP contribution in [0, 0.1) is 0 Å². The van der Waals surface area contributed by atoms with Gasteiger partial charge in [0.2, 0.25) is 0 Å². The van der Waals surface area contributed by atoms with Crippen molar-refractivity contribution >= 4 is 68.4 Å². The number of carbonyl (C=O) groups is 2. The van der Waals surface area contributed by atoms with Crippen molar-refractivity contribution in [3.63, 3.8) is 0 Å². The maximum atomic E-state index is 12.7. The number of hydrogen-bond donors (Lipinski definition) is 0. The Kier molecular flexibility index (Phi) is 7.40. The smallest absolute Gasteiger partial charge is 0.338 e. The van der Waals surface area contributed by atoms with E-state index in [1.807, 2.05) is 16.9 Å². The van der Waals surface area contributed by atoms with E-state index in [0.717, 1.165) is 16.0 Å². The molecule has 5 nitrogen and oxygen atoms in total. The third-order valence-corrected chi connectivity index (χ3v) is 6.25. The zero-order valence-corrected chi connectivity index (χ0v) is 18.9. The lowest BCUT2D eigenvalue weighted by molar-refractivity contribution is 0.0526. The Morgan fingerprint density at radius 1 is 1.21 bits per heavy atom. The number of hydrogen-bond acceptors (Lipinski definition) is 5. The Morgan fingerprint density at radius 2 is 2.00 bits per heavy atom. The minimum absolute atomic E-state index is 0.257. The van der Waals surface area contributed by atoms with Gasteiger partial charge in [0, 0.05) is 17.3 Å². The van der Waals surface area contributed by atoms with E-state index in [1.165, 1.54) is 17.4 Å². The van der Waals surface area contributed by atoms with Gasteiger partial charge >= 0.3 is 5.97 Å². The SMILES string of the molecule is CCOC(=O)c1ccc2c(c1)sc(=NC(=O)c1ccc(Cl)cc1Cl)n2CCSC. The zero-order chi connectivity index (χ0) is 21.0. The third-order valence-electron chi connectivity index (χ3n) is 4.07. The maximum absolute atomic E-state index is 12.7.